The number of carbonyl (C=O) groups excluding carboxylic acids is 1. The van der Waals surface area contributed by atoms with Crippen molar-refractivity contribution < 1.29 is 9.53 Å². The van der Waals surface area contributed by atoms with Gasteiger partial charge >= 0.3 is 0 Å². The van der Waals surface area contributed by atoms with Gasteiger partial charge in [0.25, 0.3) is 0 Å². The van der Waals surface area contributed by atoms with Gasteiger partial charge in [0.15, 0.2) is 6.29 Å². The minimum absolute atomic E-state index is 0.536. The molecule has 0 spiro atoms. The zero-order valence-corrected chi connectivity index (χ0v) is 14.3. The Morgan fingerprint density at radius 1 is 1.30 bits per heavy atom. The molecule has 0 aliphatic heterocycles. The lowest BCUT2D eigenvalue weighted by molar-refractivity contribution is 0.111. The molecule has 0 unspecified atom stereocenters. The second-order valence-corrected chi connectivity index (χ2v) is 6.65. The topological polar surface area (TPSA) is 56.5 Å². The van der Waals surface area contributed by atoms with Gasteiger partial charge in [-0.05, 0) is 44.4 Å². The summed E-state index contributed by atoms with van der Waals surface area (Å²) in [5.74, 6) is 0.942. The van der Waals surface area contributed by atoms with Gasteiger partial charge in [-0.2, -0.15) is 9.61 Å². The third kappa shape index (κ3) is 3.27. The Morgan fingerprint density at radius 3 is 2.91 bits per heavy atom. The summed E-state index contributed by atoms with van der Waals surface area (Å²) in [5.41, 5.74) is 3.61. The molecule has 6 heteroatoms. The summed E-state index contributed by atoms with van der Waals surface area (Å²) in [4.78, 5) is 16.2. The summed E-state index contributed by atoms with van der Waals surface area (Å²) < 4.78 is 7.49. The molecule has 0 saturated carbocycles. The van der Waals surface area contributed by atoms with Crippen molar-refractivity contribution in [1.29, 1.82) is 0 Å². The van der Waals surface area contributed by atoms with Crippen LogP contribution in [-0.4, -0.2) is 27.5 Å². The van der Waals surface area contributed by atoms with Gasteiger partial charge in [-0.15, -0.1) is 0 Å². The van der Waals surface area contributed by atoms with E-state index in [1.807, 2.05) is 13.8 Å². The van der Waals surface area contributed by atoms with E-state index in [4.69, 9.17) is 4.74 Å². The lowest BCUT2D eigenvalue weighted by Crippen LogP contribution is -2.01. The Balaban J connectivity index is 1.59. The van der Waals surface area contributed by atoms with Crippen LogP contribution < -0.4 is 4.74 Å². The standard InChI is InChI=1S/C17H19N3O2S/c1-11-6-7-12(2)15(9-11)22-8-4-5-16-19-20-14(10-21)13(3)18-17(20)23-16/h6-7,9-10H,4-5,8H2,1-3H3. The fraction of sp³-hybridized carbons (Fsp3) is 0.353. The van der Waals surface area contributed by atoms with Crippen LogP contribution in [0.5, 0.6) is 5.75 Å². The Labute approximate surface area is 138 Å². The van der Waals surface area contributed by atoms with Crippen LogP contribution in [0.4, 0.5) is 0 Å². The molecule has 1 aromatic carbocycles. The highest BCUT2D eigenvalue weighted by Crippen LogP contribution is 2.21. The van der Waals surface area contributed by atoms with E-state index in [0.29, 0.717) is 12.3 Å². The molecule has 0 atom stereocenters. The molecule has 0 fully saturated rings. The van der Waals surface area contributed by atoms with Crippen LogP contribution in [0.3, 0.4) is 0 Å². The minimum atomic E-state index is 0.536. The molecule has 0 N–H and O–H groups in total. The molecule has 3 rings (SSSR count). The first-order valence-electron chi connectivity index (χ1n) is 7.59. The van der Waals surface area contributed by atoms with Crippen molar-refractivity contribution >= 4 is 22.6 Å². The number of aldehydes is 1. The van der Waals surface area contributed by atoms with E-state index < -0.39 is 0 Å². The third-order valence-electron chi connectivity index (χ3n) is 3.71. The molecule has 2 heterocycles. The summed E-state index contributed by atoms with van der Waals surface area (Å²) in [6.45, 7) is 6.58. The highest BCUT2D eigenvalue weighted by atomic mass is 32.1. The number of carbonyl (C=O) groups is 1. The average Bonchev–Trinajstić information content (AvgIpc) is 3.02. The van der Waals surface area contributed by atoms with Gasteiger partial charge in [-0.25, -0.2) is 4.98 Å². The number of fused-ring (bicyclic) bond motifs is 1. The minimum Gasteiger partial charge on any atom is -0.493 e. The van der Waals surface area contributed by atoms with Crippen LogP contribution in [0.15, 0.2) is 18.2 Å². The Hall–Kier alpha value is -2.21. The van der Waals surface area contributed by atoms with Gasteiger partial charge in [-0.3, -0.25) is 4.79 Å². The number of rotatable bonds is 6. The molecule has 0 aliphatic rings. The summed E-state index contributed by atoms with van der Waals surface area (Å²) >= 11 is 1.53. The maximum atomic E-state index is 11.1. The average molecular weight is 329 g/mol. The summed E-state index contributed by atoms with van der Waals surface area (Å²) in [5, 5.41) is 5.44. The number of nitrogens with zero attached hydrogens (tertiary/aromatic N) is 3. The Morgan fingerprint density at radius 2 is 2.13 bits per heavy atom. The maximum absolute atomic E-state index is 11.1. The van der Waals surface area contributed by atoms with E-state index in [-0.39, 0.29) is 0 Å². The molecule has 2 aromatic heterocycles. The van der Waals surface area contributed by atoms with Gasteiger partial charge < -0.3 is 4.74 Å². The van der Waals surface area contributed by atoms with Crippen molar-refractivity contribution in [3.05, 3.63) is 45.7 Å². The molecule has 5 nitrogen and oxygen atoms in total. The van der Waals surface area contributed by atoms with Gasteiger partial charge in [0, 0.05) is 6.42 Å². The van der Waals surface area contributed by atoms with E-state index >= 15 is 0 Å². The first kappa shape index (κ1) is 15.7. The van der Waals surface area contributed by atoms with Crippen molar-refractivity contribution in [3.8, 4) is 5.75 Å². The second kappa shape index (κ2) is 6.50. The third-order valence-corrected chi connectivity index (χ3v) is 4.68. The molecule has 0 saturated heterocycles. The van der Waals surface area contributed by atoms with Crippen molar-refractivity contribution in [2.75, 3.05) is 6.61 Å². The molecule has 120 valence electrons. The fourth-order valence-electron chi connectivity index (χ4n) is 2.41. The number of aromatic nitrogens is 3. The highest BCUT2D eigenvalue weighted by molar-refractivity contribution is 7.16. The number of aryl methyl sites for hydroxylation is 4. The smallest absolute Gasteiger partial charge is 0.213 e. The number of benzene rings is 1. The van der Waals surface area contributed by atoms with Crippen LogP contribution in [0.1, 0.15) is 38.7 Å². The lowest BCUT2D eigenvalue weighted by atomic mass is 10.1. The van der Waals surface area contributed by atoms with Crippen molar-refractivity contribution in [2.45, 2.75) is 33.6 Å². The van der Waals surface area contributed by atoms with Crippen LogP contribution in [0.2, 0.25) is 0 Å². The highest BCUT2D eigenvalue weighted by Gasteiger charge is 2.13. The molecule has 23 heavy (non-hydrogen) atoms. The molecule has 0 bridgehead atoms. The predicted octanol–water partition coefficient (Wildman–Crippen LogP) is 3.54. The largest absolute Gasteiger partial charge is 0.493 e. The number of hydrogen-bond donors (Lipinski definition) is 0. The van der Waals surface area contributed by atoms with Gasteiger partial charge in [0.05, 0.1) is 12.3 Å². The summed E-state index contributed by atoms with van der Waals surface area (Å²) in [7, 11) is 0. The van der Waals surface area contributed by atoms with Crippen LogP contribution >= 0.6 is 11.3 Å². The Kier molecular flexibility index (Phi) is 4.43. The lowest BCUT2D eigenvalue weighted by Gasteiger charge is -2.09. The van der Waals surface area contributed by atoms with Crippen molar-refractivity contribution in [2.24, 2.45) is 0 Å². The van der Waals surface area contributed by atoms with Crippen molar-refractivity contribution in [1.82, 2.24) is 14.6 Å². The Bertz CT molecular complexity index is 851. The van der Waals surface area contributed by atoms with Gasteiger partial charge in [0.1, 0.15) is 16.5 Å². The molecule has 3 aromatic rings. The quantitative estimate of drug-likeness (QED) is 0.513. The van der Waals surface area contributed by atoms with E-state index in [2.05, 4.69) is 35.2 Å². The summed E-state index contributed by atoms with van der Waals surface area (Å²) in [6, 6.07) is 6.22. The zero-order chi connectivity index (χ0) is 16.4. The molecule has 0 amide bonds. The van der Waals surface area contributed by atoms with Crippen LogP contribution in [0.25, 0.3) is 4.96 Å². The SMILES string of the molecule is Cc1ccc(C)c(OCCCc2nn3c(C=O)c(C)nc3s2)c1. The number of ether oxygens (including phenoxy) is 1. The number of imidazole rings is 1. The maximum Gasteiger partial charge on any atom is 0.213 e. The van der Waals surface area contributed by atoms with Crippen molar-refractivity contribution in [3.63, 3.8) is 0 Å². The molecule has 0 radical (unpaired) electrons. The van der Waals surface area contributed by atoms with Gasteiger partial charge in [-0.1, -0.05) is 23.5 Å². The van der Waals surface area contributed by atoms with E-state index in [1.54, 1.807) is 4.52 Å². The zero-order valence-electron chi connectivity index (χ0n) is 13.5. The first-order valence-corrected chi connectivity index (χ1v) is 8.40. The number of hydrogen-bond acceptors (Lipinski definition) is 5. The van der Waals surface area contributed by atoms with E-state index in [1.165, 1.54) is 16.9 Å². The molecular weight excluding hydrogens is 310 g/mol. The normalized spacial score (nSPS) is 11.1. The first-order chi connectivity index (χ1) is 11.1. The summed E-state index contributed by atoms with van der Waals surface area (Å²) in [6.07, 6.45) is 2.50. The van der Waals surface area contributed by atoms with Gasteiger partial charge in [0.2, 0.25) is 4.96 Å². The van der Waals surface area contributed by atoms with Crippen LogP contribution in [0, 0.1) is 20.8 Å². The fourth-order valence-corrected chi connectivity index (χ4v) is 3.40. The monoisotopic (exact) mass is 329 g/mol. The molecule has 0 aliphatic carbocycles. The molecular formula is C17H19N3O2S. The van der Waals surface area contributed by atoms with Crippen LogP contribution in [-0.2, 0) is 6.42 Å². The van der Waals surface area contributed by atoms with E-state index in [9.17, 15) is 4.79 Å². The predicted molar refractivity (Wildman–Crippen MR) is 90.7 cm³/mol. The van der Waals surface area contributed by atoms with E-state index in [0.717, 1.165) is 46.1 Å². The second-order valence-electron chi connectivity index (χ2n) is 5.61.